The predicted molar refractivity (Wildman–Crippen MR) is 105 cm³/mol. The Morgan fingerprint density at radius 1 is 0.652 bits per heavy atom. The highest BCUT2D eigenvalue weighted by Gasteiger charge is 2.06. The minimum absolute atomic E-state index is 0.848. The molecule has 1 heteroatoms. The van der Waals surface area contributed by atoms with E-state index < -0.39 is 0 Å². The van der Waals surface area contributed by atoms with Gasteiger partial charge in [-0.3, -0.25) is 0 Å². The average Bonchev–Trinajstić information content (AvgIpc) is 2.52. The molecule has 0 aliphatic heterocycles. The second kappa shape index (κ2) is 12.4. The van der Waals surface area contributed by atoms with Crippen molar-refractivity contribution in [2.24, 2.45) is 11.8 Å². The number of nitrogens with zero attached hydrogens (tertiary/aromatic N) is 1. The lowest BCUT2D eigenvalue weighted by Crippen LogP contribution is -2.25. The molecule has 1 nitrogen and oxygen atoms in total. The van der Waals surface area contributed by atoms with Gasteiger partial charge in [0.25, 0.3) is 0 Å². The van der Waals surface area contributed by atoms with Crippen molar-refractivity contribution in [3.8, 4) is 0 Å². The predicted octanol–water partition coefficient (Wildman–Crippen LogP) is 6.93. The minimum Gasteiger partial charge on any atom is -0.372 e. The maximum Gasteiger partial charge on any atom is 0.0366 e. The first kappa shape index (κ1) is 20.1. The molecule has 0 N–H and O–H groups in total. The highest BCUT2D eigenvalue weighted by atomic mass is 15.1. The molecule has 0 saturated heterocycles. The number of para-hydroxylation sites is 1. The van der Waals surface area contributed by atoms with Gasteiger partial charge in [-0.2, -0.15) is 0 Å². The number of anilines is 1. The Labute approximate surface area is 145 Å². The highest BCUT2D eigenvalue weighted by molar-refractivity contribution is 5.45. The zero-order valence-electron chi connectivity index (χ0n) is 16.1. The Hall–Kier alpha value is -0.980. The summed E-state index contributed by atoms with van der Waals surface area (Å²) in [5.74, 6) is 1.70. The van der Waals surface area contributed by atoms with Crippen molar-refractivity contribution >= 4 is 5.69 Å². The second-order valence-electron chi connectivity index (χ2n) is 7.81. The van der Waals surface area contributed by atoms with Crippen LogP contribution < -0.4 is 4.90 Å². The van der Waals surface area contributed by atoms with Gasteiger partial charge in [-0.15, -0.1) is 0 Å². The largest absolute Gasteiger partial charge is 0.372 e. The first-order chi connectivity index (χ1) is 11.1. The van der Waals surface area contributed by atoms with Gasteiger partial charge in [0.1, 0.15) is 0 Å². The van der Waals surface area contributed by atoms with Crippen LogP contribution in [-0.4, -0.2) is 13.1 Å². The fraction of sp³-hybridized carbons (Fsp3) is 0.727. The molecule has 1 aromatic carbocycles. The van der Waals surface area contributed by atoms with Gasteiger partial charge in [0.15, 0.2) is 0 Å². The summed E-state index contributed by atoms with van der Waals surface area (Å²) in [4.78, 5) is 2.60. The van der Waals surface area contributed by atoms with Crippen molar-refractivity contribution in [2.45, 2.75) is 79.1 Å². The van der Waals surface area contributed by atoms with Crippen molar-refractivity contribution in [2.75, 3.05) is 18.0 Å². The summed E-state index contributed by atoms with van der Waals surface area (Å²) >= 11 is 0. The van der Waals surface area contributed by atoms with E-state index in [0.717, 1.165) is 11.8 Å². The van der Waals surface area contributed by atoms with Crippen LogP contribution in [0.5, 0.6) is 0 Å². The number of hydrogen-bond acceptors (Lipinski definition) is 1. The summed E-state index contributed by atoms with van der Waals surface area (Å²) in [6.07, 6.45) is 10.9. The average molecular weight is 318 g/mol. The molecule has 23 heavy (non-hydrogen) atoms. The van der Waals surface area contributed by atoms with Crippen molar-refractivity contribution < 1.29 is 0 Å². The van der Waals surface area contributed by atoms with E-state index >= 15 is 0 Å². The molecule has 1 aromatic rings. The van der Waals surface area contributed by atoms with Crippen LogP contribution in [0.1, 0.15) is 79.1 Å². The van der Waals surface area contributed by atoms with E-state index in [9.17, 15) is 0 Å². The molecule has 0 fully saturated rings. The summed E-state index contributed by atoms with van der Waals surface area (Å²) in [7, 11) is 0. The molecule has 0 amide bonds. The Balaban J connectivity index is 2.32. The second-order valence-corrected chi connectivity index (χ2v) is 7.81. The molecule has 0 radical (unpaired) electrons. The number of hydrogen-bond donors (Lipinski definition) is 0. The van der Waals surface area contributed by atoms with Crippen molar-refractivity contribution in [1.82, 2.24) is 0 Å². The van der Waals surface area contributed by atoms with Crippen LogP contribution in [0, 0.1) is 11.8 Å². The summed E-state index contributed by atoms with van der Waals surface area (Å²) in [5.41, 5.74) is 1.40. The Bertz CT molecular complexity index is 351. The molecule has 0 saturated carbocycles. The number of unbranched alkanes of at least 4 members (excludes halogenated alkanes) is 4. The zero-order chi connectivity index (χ0) is 16.9. The molecule has 0 spiro atoms. The van der Waals surface area contributed by atoms with E-state index in [0.29, 0.717) is 0 Å². The molecular formula is C22H39N. The van der Waals surface area contributed by atoms with Crippen LogP contribution in [-0.2, 0) is 0 Å². The molecule has 0 aromatic heterocycles. The van der Waals surface area contributed by atoms with Crippen molar-refractivity contribution in [3.63, 3.8) is 0 Å². The standard InChI is InChI=1S/C22H39N/c1-20(2)14-8-6-12-18-23(22-16-10-5-11-17-22)19-13-7-9-15-21(3)4/h5,10-11,16-17,20-21H,6-9,12-15,18-19H2,1-4H3. The highest BCUT2D eigenvalue weighted by Crippen LogP contribution is 2.17. The molecule has 0 bridgehead atoms. The minimum atomic E-state index is 0.848. The normalized spacial score (nSPS) is 11.4. The first-order valence-electron chi connectivity index (χ1n) is 9.89. The molecule has 0 atom stereocenters. The van der Waals surface area contributed by atoms with Crippen LogP contribution in [0.4, 0.5) is 5.69 Å². The topological polar surface area (TPSA) is 3.24 Å². The van der Waals surface area contributed by atoms with Crippen molar-refractivity contribution in [3.05, 3.63) is 30.3 Å². The fourth-order valence-corrected chi connectivity index (χ4v) is 3.07. The SMILES string of the molecule is CC(C)CCCCCN(CCCCCC(C)C)c1ccccc1. The maximum atomic E-state index is 2.60. The van der Waals surface area contributed by atoms with E-state index in [1.165, 1.54) is 70.1 Å². The summed E-state index contributed by atoms with van der Waals surface area (Å²) in [6.45, 7) is 11.7. The molecule has 0 unspecified atom stereocenters. The number of rotatable bonds is 13. The third kappa shape index (κ3) is 10.4. The van der Waals surface area contributed by atoms with Gasteiger partial charge in [-0.25, -0.2) is 0 Å². The van der Waals surface area contributed by atoms with E-state index in [1.54, 1.807) is 0 Å². The molecule has 0 aliphatic rings. The smallest absolute Gasteiger partial charge is 0.0366 e. The lowest BCUT2D eigenvalue weighted by atomic mass is 10.0. The summed E-state index contributed by atoms with van der Waals surface area (Å²) in [6, 6.07) is 11.0. The van der Waals surface area contributed by atoms with Gasteiger partial charge in [0, 0.05) is 18.8 Å². The monoisotopic (exact) mass is 317 g/mol. The van der Waals surface area contributed by atoms with E-state index in [-0.39, 0.29) is 0 Å². The van der Waals surface area contributed by atoms with Crippen LogP contribution in [0.25, 0.3) is 0 Å². The first-order valence-corrected chi connectivity index (χ1v) is 9.89. The van der Waals surface area contributed by atoms with Crippen LogP contribution in [0.2, 0.25) is 0 Å². The fourth-order valence-electron chi connectivity index (χ4n) is 3.07. The van der Waals surface area contributed by atoms with E-state index in [2.05, 4.69) is 62.9 Å². The van der Waals surface area contributed by atoms with Gasteiger partial charge in [-0.1, -0.05) is 84.4 Å². The number of benzene rings is 1. The van der Waals surface area contributed by atoms with Gasteiger partial charge in [0.05, 0.1) is 0 Å². The molecular weight excluding hydrogens is 278 g/mol. The van der Waals surface area contributed by atoms with Gasteiger partial charge >= 0.3 is 0 Å². The molecule has 0 heterocycles. The summed E-state index contributed by atoms with van der Waals surface area (Å²) in [5, 5.41) is 0. The lowest BCUT2D eigenvalue weighted by molar-refractivity contribution is 0.514. The van der Waals surface area contributed by atoms with Crippen LogP contribution in [0.3, 0.4) is 0 Å². The van der Waals surface area contributed by atoms with Crippen LogP contribution in [0.15, 0.2) is 30.3 Å². The lowest BCUT2D eigenvalue weighted by Gasteiger charge is -2.25. The van der Waals surface area contributed by atoms with Gasteiger partial charge in [-0.05, 0) is 36.8 Å². The van der Waals surface area contributed by atoms with Crippen molar-refractivity contribution in [1.29, 1.82) is 0 Å². The van der Waals surface area contributed by atoms with Gasteiger partial charge < -0.3 is 4.90 Å². The third-order valence-electron chi connectivity index (χ3n) is 4.54. The molecule has 132 valence electrons. The Morgan fingerprint density at radius 3 is 1.57 bits per heavy atom. The molecule has 0 aliphatic carbocycles. The van der Waals surface area contributed by atoms with E-state index in [1.807, 2.05) is 0 Å². The van der Waals surface area contributed by atoms with Crippen LogP contribution >= 0.6 is 0 Å². The Kier molecular flexibility index (Phi) is 10.9. The molecule has 1 rings (SSSR count). The quantitative estimate of drug-likeness (QED) is 0.357. The maximum absolute atomic E-state index is 2.60. The zero-order valence-corrected chi connectivity index (χ0v) is 16.1. The van der Waals surface area contributed by atoms with E-state index in [4.69, 9.17) is 0 Å². The third-order valence-corrected chi connectivity index (χ3v) is 4.54. The Morgan fingerprint density at radius 2 is 1.13 bits per heavy atom. The van der Waals surface area contributed by atoms with Gasteiger partial charge in [0.2, 0.25) is 0 Å². The summed E-state index contributed by atoms with van der Waals surface area (Å²) < 4.78 is 0.